The number of amides is 1. The quantitative estimate of drug-likeness (QED) is 0.779. The molecule has 0 aliphatic heterocycles. The van der Waals surface area contributed by atoms with Crippen LogP contribution in [0.25, 0.3) is 10.9 Å². The van der Waals surface area contributed by atoms with Gasteiger partial charge in [-0.05, 0) is 30.9 Å². The lowest BCUT2D eigenvalue weighted by atomic mass is 9.94. The Labute approximate surface area is 157 Å². The molecule has 1 aliphatic carbocycles. The molecule has 1 aromatic carbocycles. The van der Waals surface area contributed by atoms with Crippen LogP contribution in [-0.2, 0) is 0 Å². The molecule has 0 N–H and O–H groups in total. The molecule has 4 nitrogen and oxygen atoms in total. The molecule has 2 aromatic rings. The molecular formula is C22H31N3O. The molecule has 1 saturated carbocycles. The second kappa shape index (κ2) is 8.07. The van der Waals surface area contributed by atoms with Crippen LogP contribution in [0.15, 0.2) is 30.3 Å². The van der Waals surface area contributed by atoms with Gasteiger partial charge in [0.2, 0.25) is 0 Å². The van der Waals surface area contributed by atoms with E-state index < -0.39 is 0 Å². The first-order valence-electron chi connectivity index (χ1n) is 9.85. The van der Waals surface area contributed by atoms with Crippen molar-refractivity contribution in [3.8, 4) is 0 Å². The Hall–Kier alpha value is -2.10. The van der Waals surface area contributed by atoms with Crippen LogP contribution in [0.2, 0.25) is 0 Å². The fourth-order valence-corrected chi connectivity index (χ4v) is 4.01. The third-order valence-electron chi connectivity index (χ3n) is 5.40. The Morgan fingerprint density at radius 1 is 1.15 bits per heavy atom. The molecule has 0 bridgehead atoms. The Morgan fingerprint density at radius 2 is 1.85 bits per heavy atom. The summed E-state index contributed by atoms with van der Waals surface area (Å²) in [5.41, 5.74) is 1.66. The minimum Gasteiger partial charge on any atom is -0.357 e. The van der Waals surface area contributed by atoms with Crippen LogP contribution >= 0.6 is 0 Å². The summed E-state index contributed by atoms with van der Waals surface area (Å²) in [6.45, 7) is 5.02. The molecule has 1 aliphatic rings. The van der Waals surface area contributed by atoms with Gasteiger partial charge in [0.25, 0.3) is 5.91 Å². The molecule has 0 spiro atoms. The molecule has 140 valence electrons. The topological polar surface area (TPSA) is 36.4 Å². The summed E-state index contributed by atoms with van der Waals surface area (Å²) < 4.78 is 0. The first-order valence-corrected chi connectivity index (χ1v) is 9.85. The van der Waals surface area contributed by atoms with Gasteiger partial charge in [0.1, 0.15) is 5.82 Å². The van der Waals surface area contributed by atoms with E-state index >= 15 is 0 Å². The van der Waals surface area contributed by atoms with Gasteiger partial charge in [0, 0.05) is 32.1 Å². The molecule has 1 fully saturated rings. The number of benzene rings is 1. The molecule has 0 saturated heterocycles. The second-order valence-corrected chi connectivity index (χ2v) is 8.03. The van der Waals surface area contributed by atoms with Crippen molar-refractivity contribution in [2.75, 3.05) is 25.5 Å². The number of para-hydroxylation sites is 1. The van der Waals surface area contributed by atoms with Crippen LogP contribution in [-0.4, -0.2) is 42.5 Å². The van der Waals surface area contributed by atoms with Crippen LogP contribution in [0.1, 0.15) is 56.3 Å². The van der Waals surface area contributed by atoms with Crippen molar-refractivity contribution in [3.63, 3.8) is 0 Å². The van der Waals surface area contributed by atoms with Gasteiger partial charge in [-0.15, -0.1) is 0 Å². The van der Waals surface area contributed by atoms with Crippen molar-refractivity contribution in [2.24, 2.45) is 5.92 Å². The van der Waals surface area contributed by atoms with E-state index in [-0.39, 0.29) is 5.91 Å². The normalized spacial score (nSPS) is 15.4. The zero-order valence-corrected chi connectivity index (χ0v) is 16.5. The first-order chi connectivity index (χ1) is 12.5. The van der Waals surface area contributed by atoms with E-state index in [4.69, 9.17) is 4.98 Å². The summed E-state index contributed by atoms with van der Waals surface area (Å²) in [6.07, 6.45) is 6.32. The van der Waals surface area contributed by atoms with E-state index in [9.17, 15) is 4.79 Å². The van der Waals surface area contributed by atoms with Gasteiger partial charge in [0.15, 0.2) is 0 Å². The molecule has 0 atom stereocenters. The molecule has 1 aromatic heterocycles. The SMILES string of the molecule is CC(C)CN(C)C(=O)c1cc(N(C)C2CCCCC2)nc2ccccc12. The lowest BCUT2D eigenvalue weighted by Crippen LogP contribution is -2.34. The summed E-state index contributed by atoms with van der Waals surface area (Å²) in [5.74, 6) is 1.44. The Morgan fingerprint density at radius 3 is 2.54 bits per heavy atom. The Balaban J connectivity index is 1.99. The highest BCUT2D eigenvalue weighted by Crippen LogP contribution is 2.29. The maximum atomic E-state index is 13.1. The number of aromatic nitrogens is 1. The monoisotopic (exact) mass is 353 g/mol. The fraction of sp³-hybridized carbons (Fsp3) is 0.545. The number of pyridine rings is 1. The van der Waals surface area contributed by atoms with Gasteiger partial charge in [-0.2, -0.15) is 0 Å². The summed E-state index contributed by atoms with van der Waals surface area (Å²) in [4.78, 5) is 22.1. The highest BCUT2D eigenvalue weighted by atomic mass is 16.2. The standard InChI is InChI=1S/C22H31N3O/c1-16(2)15-24(3)22(26)19-14-21(23-20-13-9-8-12-18(19)20)25(4)17-10-6-5-7-11-17/h8-9,12-14,16-17H,5-7,10-11,15H2,1-4H3. The highest BCUT2D eigenvalue weighted by Gasteiger charge is 2.22. The molecule has 1 amide bonds. The summed E-state index contributed by atoms with van der Waals surface area (Å²) in [5, 5.41) is 0.939. The Bertz CT molecular complexity index is 765. The average Bonchev–Trinajstić information content (AvgIpc) is 2.66. The van der Waals surface area contributed by atoms with E-state index in [1.54, 1.807) is 0 Å². The van der Waals surface area contributed by atoms with Gasteiger partial charge in [-0.1, -0.05) is 51.3 Å². The van der Waals surface area contributed by atoms with E-state index in [0.29, 0.717) is 12.0 Å². The van der Waals surface area contributed by atoms with E-state index in [1.807, 2.05) is 42.3 Å². The van der Waals surface area contributed by atoms with Gasteiger partial charge in [-0.25, -0.2) is 4.98 Å². The molecule has 1 heterocycles. The van der Waals surface area contributed by atoms with Crippen molar-refractivity contribution in [1.29, 1.82) is 0 Å². The van der Waals surface area contributed by atoms with Gasteiger partial charge >= 0.3 is 0 Å². The van der Waals surface area contributed by atoms with Gasteiger partial charge in [-0.3, -0.25) is 4.79 Å². The number of carbonyl (C=O) groups is 1. The van der Waals surface area contributed by atoms with Crippen LogP contribution in [0.4, 0.5) is 5.82 Å². The third-order valence-corrected chi connectivity index (χ3v) is 5.40. The molecule has 4 heteroatoms. The lowest BCUT2D eigenvalue weighted by Gasteiger charge is -2.32. The van der Waals surface area contributed by atoms with Crippen molar-refractivity contribution >= 4 is 22.6 Å². The lowest BCUT2D eigenvalue weighted by molar-refractivity contribution is 0.0781. The number of fused-ring (bicyclic) bond motifs is 1. The van der Waals surface area contributed by atoms with Crippen molar-refractivity contribution in [2.45, 2.75) is 52.0 Å². The maximum Gasteiger partial charge on any atom is 0.254 e. The molecule has 0 radical (unpaired) electrons. The largest absolute Gasteiger partial charge is 0.357 e. The Kier molecular flexibility index (Phi) is 5.80. The summed E-state index contributed by atoms with van der Waals surface area (Å²) in [7, 11) is 4.02. The predicted molar refractivity (Wildman–Crippen MR) is 109 cm³/mol. The van der Waals surface area contributed by atoms with Crippen molar-refractivity contribution < 1.29 is 4.79 Å². The zero-order chi connectivity index (χ0) is 18.7. The minimum absolute atomic E-state index is 0.0793. The number of hydrogen-bond acceptors (Lipinski definition) is 3. The number of hydrogen-bond donors (Lipinski definition) is 0. The zero-order valence-electron chi connectivity index (χ0n) is 16.5. The van der Waals surface area contributed by atoms with Gasteiger partial charge in [0.05, 0.1) is 11.1 Å². The number of nitrogens with zero attached hydrogens (tertiary/aromatic N) is 3. The predicted octanol–water partition coefficient (Wildman–Crippen LogP) is 4.73. The first kappa shape index (κ1) is 18.7. The molecule has 0 unspecified atom stereocenters. The van der Waals surface area contributed by atoms with E-state index in [0.717, 1.165) is 28.8 Å². The molecule has 26 heavy (non-hydrogen) atoms. The maximum absolute atomic E-state index is 13.1. The molecular weight excluding hydrogens is 322 g/mol. The van der Waals surface area contributed by atoms with Crippen molar-refractivity contribution in [3.05, 3.63) is 35.9 Å². The van der Waals surface area contributed by atoms with Crippen molar-refractivity contribution in [1.82, 2.24) is 9.88 Å². The van der Waals surface area contributed by atoms with Crippen LogP contribution < -0.4 is 4.90 Å². The third kappa shape index (κ3) is 4.00. The van der Waals surface area contributed by atoms with E-state index in [2.05, 4.69) is 25.8 Å². The van der Waals surface area contributed by atoms with Crippen LogP contribution in [0.3, 0.4) is 0 Å². The number of rotatable bonds is 5. The number of carbonyl (C=O) groups excluding carboxylic acids is 1. The number of anilines is 1. The highest BCUT2D eigenvalue weighted by molar-refractivity contribution is 6.06. The average molecular weight is 354 g/mol. The fourth-order valence-electron chi connectivity index (χ4n) is 4.01. The summed E-state index contributed by atoms with van der Waals surface area (Å²) >= 11 is 0. The van der Waals surface area contributed by atoms with E-state index in [1.165, 1.54) is 32.1 Å². The van der Waals surface area contributed by atoms with Gasteiger partial charge < -0.3 is 9.80 Å². The smallest absolute Gasteiger partial charge is 0.254 e. The second-order valence-electron chi connectivity index (χ2n) is 8.03. The minimum atomic E-state index is 0.0793. The van der Waals surface area contributed by atoms with Crippen LogP contribution in [0, 0.1) is 5.92 Å². The molecule has 3 rings (SSSR count). The van der Waals surface area contributed by atoms with Crippen LogP contribution in [0.5, 0.6) is 0 Å². The summed E-state index contributed by atoms with van der Waals surface area (Å²) in [6, 6.07) is 10.5.